The molecule has 0 radical (unpaired) electrons. The molecule has 1 aliphatic rings. The molecule has 0 aromatic heterocycles. The van der Waals surface area contributed by atoms with Gasteiger partial charge in [0, 0.05) is 5.92 Å². The highest BCUT2D eigenvalue weighted by Gasteiger charge is 2.32. The quantitative estimate of drug-likeness (QED) is 0.778. The van der Waals surface area contributed by atoms with Gasteiger partial charge in [0.05, 0.1) is 0 Å². The van der Waals surface area contributed by atoms with E-state index in [0.717, 1.165) is 0 Å². The first-order chi connectivity index (χ1) is 6.40. The topological polar surface area (TPSA) is 41.1 Å². The second-order valence-electron chi connectivity index (χ2n) is 3.54. The zero-order chi connectivity index (χ0) is 10.8. The maximum absolute atomic E-state index is 11.7. The third kappa shape index (κ3) is 4.70. The molecule has 2 N–H and O–H groups in total. The van der Waals surface area contributed by atoms with E-state index in [1.165, 1.54) is 0 Å². The first kappa shape index (κ1) is 14.5. The first-order valence-corrected chi connectivity index (χ1v) is 4.45. The monoisotopic (exact) mass is 246 g/mol. The zero-order valence-corrected chi connectivity index (χ0v) is 9.04. The van der Waals surface area contributed by atoms with Crippen molar-refractivity contribution in [2.45, 2.75) is 13.1 Å². The minimum atomic E-state index is -4.33. The molecule has 0 aromatic carbocycles. The van der Waals surface area contributed by atoms with Gasteiger partial charge in [0.25, 0.3) is 0 Å². The molecule has 1 saturated heterocycles. The number of alkyl halides is 3. The Morgan fingerprint density at radius 1 is 1.53 bits per heavy atom. The van der Waals surface area contributed by atoms with E-state index >= 15 is 0 Å². The van der Waals surface area contributed by atoms with Gasteiger partial charge >= 0.3 is 6.18 Å². The standard InChI is InChI=1S/C8H13F3N2O.ClH/c1-5(6-2-12-3-6)7(14)13-4-8(9,10)11;/h5-6,12H,2-4H2,1H3,(H,13,14);1H. The van der Waals surface area contributed by atoms with E-state index in [0.29, 0.717) is 13.1 Å². The van der Waals surface area contributed by atoms with E-state index in [2.05, 4.69) is 5.32 Å². The van der Waals surface area contributed by atoms with E-state index in [-0.39, 0.29) is 24.2 Å². The Morgan fingerprint density at radius 2 is 2.07 bits per heavy atom. The highest BCUT2D eigenvalue weighted by Crippen LogP contribution is 2.17. The average molecular weight is 247 g/mol. The highest BCUT2D eigenvalue weighted by molar-refractivity contribution is 5.85. The van der Waals surface area contributed by atoms with Crippen LogP contribution in [0.25, 0.3) is 0 Å². The lowest BCUT2D eigenvalue weighted by molar-refractivity contribution is -0.141. The van der Waals surface area contributed by atoms with Crippen molar-refractivity contribution in [3.8, 4) is 0 Å². The first-order valence-electron chi connectivity index (χ1n) is 4.45. The van der Waals surface area contributed by atoms with Crippen molar-refractivity contribution in [3.05, 3.63) is 0 Å². The molecule has 1 fully saturated rings. The van der Waals surface area contributed by atoms with Gasteiger partial charge < -0.3 is 10.6 Å². The lowest BCUT2D eigenvalue weighted by Crippen LogP contribution is -2.50. The van der Waals surface area contributed by atoms with Gasteiger partial charge in [-0.05, 0) is 19.0 Å². The summed E-state index contributed by atoms with van der Waals surface area (Å²) in [6, 6.07) is 0. The normalized spacial score (nSPS) is 18.7. The summed E-state index contributed by atoms with van der Waals surface area (Å²) in [6.45, 7) is 1.83. The fourth-order valence-corrected chi connectivity index (χ4v) is 1.23. The Morgan fingerprint density at radius 3 is 2.40 bits per heavy atom. The molecule has 0 spiro atoms. The van der Waals surface area contributed by atoms with Crippen LogP contribution in [0.15, 0.2) is 0 Å². The van der Waals surface area contributed by atoms with Gasteiger partial charge in [0.1, 0.15) is 6.54 Å². The van der Waals surface area contributed by atoms with Crippen LogP contribution in [0, 0.1) is 11.8 Å². The van der Waals surface area contributed by atoms with Crippen LogP contribution in [-0.4, -0.2) is 31.7 Å². The zero-order valence-electron chi connectivity index (χ0n) is 8.23. The molecular formula is C8H14ClF3N2O. The average Bonchev–Trinajstić information content (AvgIpc) is 1.95. The predicted molar refractivity (Wildman–Crippen MR) is 51.8 cm³/mol. The fraction of sp³-hybridized carbons (Fsp3) is 0.875. The van der Waals surface area contributed by atoms with Crippen LogP contribution in [-0.2, 0) is 4.79 Å². The molecule has 1 amide bonds. The number of hydrogen-bond acceptors (Lipinski definition) is 2. The number of hydrogen-bond donors (Lipinski definition) is 2. The second-order valence-corrected chi connectivity index (χ2v) is 3.54. The summed E-state index contributed by atoms with van der Waals surface area (Å²) >= 11 is 0. The van der Waals surface area contributed by atoms with Crippen molar-refractivity contribution in [1.29, 1.82) is 0 Å². The van der Waals surface area contributed by atoms with Gasteiger partial charge in [-0.1, -0.05) is 6.92 Å². The third-order valence-electron chi connectivity index (χ3n) is 2.40. The molecule has 1 heterocycles. The van der Waals surface area contributed by atoms with Gasteiger partial charge in [-0.15, -0.1) is 12.4 Å². The summed E-state index contributed by atoms with van der Waals surface area (Å²) in [5, 5.41) is 4.85. The molecule has 90 valence electrons. The summed E-state index contributed by atoms with van der Waals surface area (Å²) in [7, 11) is 0. The minimum Gasteiger partial charge on any atom is -0.347 e. The Bertz CT molecular complexity index is 218. The van der Waals surface area contributed by atoms with Crippen LogP contribution in [0.2, 0.25) is 0 Å². The van der Waals surface area contributed by atoms with E-state index in [1.807, 2.05) is 5.32 Å². The largest absolute Gasteiger partial charge is 0.405 e. The van der Waals surface area contributed by atoms with Crippen LogP contribution < -0.4 is 10.6 Å². The molecule has 1 atom stereocenters. The number of halogens is 4. The lowest BCUT2D eigenvalue weighted by atomic mass is 9.88. The second kappa shape index (κ2) is 5.55. The SMILES string of the molecule is CC(C(=O)NCC(F)(F)F)C1CNC1.Cl. The van der Waals surface area contributed by atoms with Crippen molar-refractivity contribution in [1.82, 2.24) is 10.6 Å². The summed E-state index contributed by atoms with van der Waals surface area (Å²) < 4.78 is 35.2. The summed E-state index contributed by atoms with van der Waals surface area (Å²) in [5.41, 5.74) is 0. The minimum absolute atomic E-state index is 0. The third-order valence-corrected chi connectivity index (χ3v) is 2.40. The van der Waals surface area contributed by atoms with E-state index < -0.39 is 18.6 Å². The summed E-state index contributed by atoms with van der Waals surface area (Å²) in [6.07, 6.45) is -4.33. The van der Waals surface area contributed by atoms with Crippen LogP contribution >= 0.6 is 12.4 Å². The smallest absolute Gasteiger partial charge is 0.347 e. The Hall–Kier alpha value is -0.490. The molecule has 0 saturated carbocycles. The highest BCUT2D eigenvalue weighted by atomic mass is 35.5. The number of carbonyl (C=O) groups excluding carboxylic acids is 1. The van der Waals surface area contributed by atoms with Crippen LogP contribution in [0.4, 0.5) is 13.2 Å². The maximum Gasteiger partial charge on any atom is 0.405 e. The number of carbonyl (C=O) groups is 1. The van der Waals surface area contributed by atoms with Crippen molar-refractivity contribution >= 4 is 18.3 Å². The number of rotatable bonds is 3. The van der Waals surface area contributed by atoms with E-state index in [9.17, 15) is 18.0 Å². The molecule has 0 bridgehead atoms. The number of amides is 1. The molecule has 0 aromatic rings. The van der Waals surface area contributed by atoms with Gasteiger partial charge in [-0.2, -0.15) is 13.2 Å². The molecule has 3 nitrogen and oxygen atoms in total. The fourth-order valence-electron chi connectivity index (χ4n) is 1.23. The van der Waals surface area contributed by atoms with Gasteiger partial charge in [0.2, 0.25) is 5.91 Å². The molecule has 7 heteroatoms. The molecule has 1 rings (SSSR count). The number of nitrogens with one attached hydrogen (secondary N) is 2. The molecule has 15 heavy (non-hydrogen) atoms. The van der Waals surface area contributed by atoms with Gasteiger partial charge in [0.15, 0.2) is 0 Å². The van der Waals surface area contributed by atoms with Crippen molar-refractivity contribution < 1.29 is 18.0 Å². The van der Waals surface area contributed by atoms with Crippen molar-refractivity contribution in [2.24, 2.45) is 11.8 Å². The summed E-state index contributed by atoms with van der Waals surface area (Å²) in [4.78, 5) is 11.2. The van der Waals surface area contributed by atoms with Crippen LogP contribution in [0.3, 0.4) is 0 Å². The lowest BCUT2D eigenvalue weighted by Gasteiger charge is -2.31. The van der Waals surface area contributed by atoms with E-state index in [1.54, 1.807) is 6.92 Å². The Balaban J connectivity index is 0.00000196. The van der Waals surface area contributed by atoms with Gasteiger partial charge in [-0.25, -0.2) is 0 Å². The molecule has 1 unspecified atom stereocenters. The predicted octanol–water partition coefficient (Wildman–Crippen LogP) is 0.942. The molecule has 0 aliphatic carbocycles. The summed E-state index contributed by atoms with van der Waals surface area (Å²) in [5.74, 6) is -0.698. The Kier molecular flexibility index (Phi) is 5.37. The van der Waals surface area contributed by atoms with E-state index in [4.69, 9.17) is 0 Å². The Labute approximate surface area is 92.2 Å². The van der Waals surface area contributed by atoms with Crippen LogP contribution in [0.1, 0.15) is 6.92 Å². The van der Waals surface area contributed by atoms with Crippen molar-refractivity contribution in [2.75, 3.05) is 19.6 Å². The maximum atomic E-state index is 11.7. The van der Waals surface area contributed by atoms with Crippen LogP contribution in [0.5, 0.6) is 0 Å². The molecule has 1 aliphatic heterocycles. The van der Waals surface area contributed by atoms with Gasteiger partial charge in [-0.3, -0.25) is 4.79 Å². The van der Waals surface area contributed by atoms with Crippen molar-refractivity contribution in [3.63, 3.8) is 0 Å². The molecular weight excluding hydrogens is 233 g/mol.